The van der Waals surface area contributed by atoms with Gasteiger partial charge in [0.25, 0.3) is 0 Å². The Labute approximate surface area is 113 Å². The van der Waals surface area contributed by atoms with Gasteiger partial charge in [-0.15, -0.1) is 0 Å². The normalized spacial score (nSPS) is 11.7. The largest absolute Gasteiger partial charge is 0.508 e. The minimum absolute atomic E-state index is 0.0525. The zero-order chi connectivity index (χ0) is 13.9. The molecule has 1 aromatic heterocycles. The summed E-state index contributed by atoms with van der Waals surface area (Å²) in [5.41, 5.74) is -0.368. The van der Waals surface area contributed by atoms with Gasteiger partial charge in [-0.05, 0) is 36.4 Å². The molecule has 2 rings (SSSR count). The Bertz CT molecular complexity index is 557. The van der Waals surface area contributed by atoms with Gasteiger partial charge >= 0.3 is 0 Å². The predicted molar refractivity (Wildman–Crippen MR) is 77.4 cm³/mol. The number of benzene rings is 1. The number of rotatable bonds is 5. The summed E-state index contributed by atoms with van der Waals surface area (Å²) < 4.78 is 0. The summed E-state index contributed by atoms with van der Waals surface area (Å²) in [5, 5.41) is 24.5. The summed E-state index contributed by atoms with van der Waals surface area (Å²) in [7, 11) is 0. The quantitative estimate of drug-likeness (QED) is 0.773. The number of fused-ring (bicyclic) bond motifs is 1. The van der Waals surface area contributed by atoms with E-state index in [4.69, 9.17) is 0 Å². The fraction of sp³-hybridized carbons (Fsp3) is 0.400. The van der Waals surface area contributed by atoms with Crippen molar-refractivity contribution in [3.8, 4) is 5.75 Å². The third-order valence-corrected chi connectivity index (χ3v) is 3.79. The molecule has 102 valence electrons. The van der Waals surface area contributed by atoms with Crippen molar-refractivity contribution in [2.45, 2.75) is 32.2 Å². The number of aliphatic hydroxyl groups is 1. The van der Waals surface area contributed by atoms with Crippen LogP contribution in [0.2, 0.25) is 0 Å². The SMILES string of the molecule is CCC(CC)(CO)Nc1nccc2ccc(O)cc12. The Hall–Kier alpha value is -1.81. The van der Waals surface area contributed by atoms with Gasteiger partial charge in [-0.25, -0.2) is 4.98 Å². The van der Waals surface area contributed by atoms with Crippen molar-refractivity contribution in [1.29, 1.82) is 0 Å². The van der Waals surface area contributed by atoms with Gasteiger partial charge in [0.2, 0.25) is 0 Å². The molecule has 0 aliphatic heterocycles. The molecule has 1 aromatic carbocycles. The van der Waals surface area contributed by atoms with E-state index in [-0.39, 0.29) is 17.9 Å². The lowest BCUT2D eigenvalue weighted by molar-refractivity contribution is 0.202. The average Bonchev–Trinajstić information content (AvgIpc) is 2.45. The Morgan fingerprint density at radius 1 is 1.21 bits per heavy atom. The van der Waals surface area contributed by atoms with Crippen LogP contribution in [0, 0.1) is 0 Å². The van der Waals surface area contributed by atoms with Gasteiger partial charge in [0, 0.05) is 11.6 Å². The van der Waals surface area contributed by atoms with Gasteiger partial charge < -0.3 is 15.5 Å². The van der Waals surface area contributed by atoms with Crippen LogP contribution in [0.25, 0.3) is 10.8 Å². The monoisotopic (exact) mass is 260 g/mol. The van der Waals surface area contributed by atoms with Crippen LogP contribution in [0.3, 0.4) is 0 Å². The highest BCUT2D eigenvalue weighted by atomic mass is 16.3. The predicted octanol–water partition coefficient (Wildman–Crippen LogP) is 2.90. The van der Waals surface area contributed by atoms with Gasteiger partial charge in [0.1, 0.15) is 11.6 Å². The Balaban J connectivity index is 2.47. The van der Waals surface area contributed by atoms with E-state index in [9.17, 15) is 10.2 Å². The number of nitrogens with zero attached hydrogens (tertiary/aromatic N) is 1. The molecule has 0 radical (unpaired) electrons. The molecule has 0 unspecified atom stereocenters. The van der Waals surface area contributed by atoms with E-state index in [1.165, 1.54) is 0 Å². The molecule has 0 saturated carbocycles. The lowest BCUT2D eigenvalue weighted by Gasteiger charge is -2.31. The van der Waals surface area contributed by atoms with Crippen molar-refractivity contribution in [2.75, 3.05) is 11.9 Å². The molecule has 0 amide bonds. The van der Waals surface area contributed by atoms with Crippen molar-refractivity contribution in [1.82, 2.24) is 4.98 Å². The molecule has 0 fully saturated rings. The number of pyridine rings is 1. The van der Waals surface area contributed by atoms with Crippen molar-refractivity contribution in [2.24, 2.45) is 0 Å². The molecule has 2 aromatic rings. The first kappa shape index (κ1) is 13.6. The zero-order valence-electron chi connectivity index (χ0n) is 11.3. The molecule has 0 atom stereocenters. The molecule has 1 heterocycles. The molecular weight excluding hydrogens is 240 g/mol. The molecule has 4 heteroatoms. The van der Waals surface area contributed by atoms with Crippen LogP contribution in [0.5, 0.6) is 5.75 Å². The van der Waals surface area contributed by atoms with Crippen LogP contribution in [-0.4, -0.2) is 27.3 Å². The molecule has 19 heavy (non-hydrogen) atoms. The van der Waals surface area contributed by atoms with E-state index < -0.39 is 0 Å². The number of aromatic hydroxyl groups is 1. The molecule has 0 aliphatic carbocycles. The number of hydrogen-bond acceptors (Lipinski definition) is 4. The molecule has 0 aliphatic rings. The van der Waals surface area contributed by atoms with Crippen LogP contribution in [0.15, 0.2) is 30.5 Å². The van der Waals surface area contributed by atoms with Gasteiger partial charge in [0.05, 0.1) is 12.1 Å². The maximum absolute atomic E-state index is 9.62. The summed E-state index contributed by atoms with van der Waals surface area (Å²) in [6, 6.07) is 7.11. The molecule has 4 nitrogen and oxygen atoms in total. The van der Waals surface area contributed by atoms with Crippen LogP contribution < -0.4 is 5.32 Å². The summed E-state index contributed by atoms with van der Waals surface area (Å²) >= 11 is 0. The fourth-order valence-electron chi connectivity index (χ4n) is 2.20. The maximum atomic E-state index is 9.62. The highest BCUT2D eigenvalue weighted by molar-refractivity contribution is 5.92. The molecular formula is C15H20N2O2. The van der Waals surface area contributed by atoms with Crippen LogP contribution in [0.4, 0.5) is 5.82 Å². The lowest BCUT2D eigenvalue weighted by atomic mass is 9.93. The fourth-order valence-corrected chi connectivity index (χ4v) is 2.20. The number of hydrogen-bond donors (Lipinski definition) is 3. The maximum Gasteiger partial charge on any atom is 0.134 e. The highest BCUT2D eigenvalue weighted by Gasteiger charge is 2.25. The second-order valence-corrected chi connectivity index (χ2v) is 4.84. The molecule has 0 bridgehead atoms. The summed E-state index contributed by atoms with van der Waals surface area (Å²) in [4.78, 5) is 4.34. The Morgan fingerprint density at radius 3 is 2.58 bits per heavy atom. The number of aromatic nitrogens is 1. The topological polar surface area (TPSA) is 65.4 Å². The van der Waals surface area contributed by atoms with Crippen molar-refractivity contribution < 1.29 is 10.2 Å². The van der Waals surface area contributed by atoms with Gasteiger partial charge in [0.15, 0.2) is 0 Å². The second-order valence-electron chi connectivity index (χ2n) is 4.84. The van der Waals surface area contributed by atoms with E-state index >= 15 is 0 Å². The number of phenols is 1. The zero-order valence-corrected chi connectivity index (χ0v) is 11.3. The van der Waals surface area contributed by atoms with Crippen molar-refractivity contribution in [3.05, 3.63) is 30.5 Å². The number of phenolic OH excluding ortho intramolecular Hbond substituents is 1. The number of anilines is 1. The van der Waals surface area contributed by atoms with E-state index in [1.807, 2.05) is 26.0 Å². The van der Waals surface area contributed by atoms with E-state index in [1.54, 1.807) is 18.3 Å². The Kier molecular flexibility index (Phi) is 3.90. The third-order valence-electron chi connectivity index (χ3n) is 3.79. The van der Waals surface area contributed by atoms with Gasteiger partial charge in [-0.1, -0.05) is 19.9 Å². The standard InChI is InChI=1S/C15H20N2O2/c1-3-15(4-2,10-18)17-14-13-9-12(19)6-5-11(13)7-8-16-14/h5-9,18-19H,3-4,10H2,1-2H3,(H,16,17). The molecule has 3 N–H and O–H groups in total. The van der Waals surface area contributed by atoms with E-state index in [0.29, 0.717) is 5.82 Å². The van der Waals surface area contributed by atoms with Crippen molar-refractivity contribution >= 4 is 16.6 Å². The second kappa shape index (κ2) is 5.45. The summed E-state index contributed by atoms with van der Waals surface area (Å²) in [6.07, 6.45) is 3.34. The first-order chi connectivity index (χ1) is 9.14. The summed E-state index contributed by atoms with van der Waals surface area (Å²) in [5.74, 6) is 0.914. The third kappa shape index (κ3) is 2.63. The average molecular weight is 260 g/mol. The first-order valence-corrected chi connectivity index (χ1v) is 6.61. The first-order valence-electron chi connectivity index (χ1n) is 6.61. The van der Waals surface area contributed by atoms with E-state index in [0.717, 1.165) is 23.6 Å². The van der Waals surface area contributed by atoms with Crippen LogP contribution in [-0.2, 0) is 0 Å². The Morgan fingerprint density at radius 2 is 1.95 bits per heavy atom. The minimum Gasteiger partial charge on any atom is -0.508 e. The summed E-state index contributed by atoms with van der Waals surface area (Å²) in [6.45, 7) is 4.13. The number of aliphatic hydroxyl groups excluding tert-OH is 1. The minimum atomic E-state index is -0.368. The van der Waals surface area contributed by atoms with Crippen LogP contribution in [0.1, 0.15) is 26.7 Å². The molecule has 0 spiro atoms. The van der Waals surface area contributed by atoms with Gasteiger partial charge in [-0.2, -0.15) is 0 Å². The van der Waals surface area contributed by atoms with Gasteiger partial charge in [-0.3, -0.25) is 0 Å². The van der Waals surface area contributed by atoms with Crippen molar-refractivity contribution in [3.63, 3.8) is 0 Å². The van der Waals surface area contributed by atoms with Crippen LogP contribution >= 0.6 is 0 Å². The smallest absolute Gasteiger partial charge is 0.134 e. The lowest BCUT2D eigenvalue weighted by Crippen LogP contribution is -2.41. The number of nitrogens with one attached hydrogen (secondary N) is 1. The van der Waals surface area contributed by atoms with E-state index in [2.05, 4.69) is 10.3 Å². The highest BCUT2D eigenvalue weighted by Crippen LogP contribution is 2.29. The molecule has 0 saturated heterocycles.